The first-order chi connectivity index (χ1) is 16.4. The average molecular weight is 499 g/mol. The largest absolute Gasteiger partial charge is 0.497 e. The number of carbonyl (C=O) groups excluding carboxylic acids is 1. The number of methoxy groups -OCH3 is 1. The lowest BCUT2D eigenvalue weighted by molar-refractivity contribution is -0.113. The number of aromatic nitrogens is 4. The molecular formula is C22H22N6O4S2. The van der Waals surface area contributed by atoms with Crippen molar-refractivity contribution in [1.29, 1.82) is 0 Å². The second-order valence-corrected chi connectivity index (χ2v) is 9.85. The van der Waals surface area contributed by atoms with Crippen LogP contribution in [0.4, 0.5) is 5.69 Å². The van der Waals surface area contributed by atoms with E-state index in [1.807, 2.05) is 30.3 Å². The van der Waals surface area contributed by atoms with Crippen LogP contribution in [0.2, 0.25) is 0 Å². The predicted octanol–water partition coefficient (Wildman–Crippen LogP) is 2.38. The van der Waals surface area contributed by atoms with E-state index in [9.17, 15) is 13.2 Å². The van der Waals surface area contributed by atoms with Gasteiger partial charge in [-0.1, -0.05) is 30.0 Å². The maximum absolute atomic E-state index is 12.5. The van der Waals surface area contributed by atoms with Crippen LogP contribution in [-0.4, -0.2) is 53.5 Å². The molecule has 2 N–H and O–H groups in total. The topological polar surface area (TPSA) is 128 Å². The highest BCUT2D eigenvalue weighted by Crippen LogP contribution is 2.17. The van der Waals surface area contributed by atoms with Gasteiger partial charge in [0.15, 0.2) is 11.5 Å². The second kappa shape index (κ2) is 10.6. The number of benzene rings is 2. The molecule has 0 aliphatic carbocycles. The Balaban J connectivity index is 1.36. The van der Waals surface area contributed by atoms with Crippen LogP contribution in [0.5, 0.6) is 5.75 Å². The Bertz CT molecular complexity index is 1380. The lowest BCUT2D eigenvalue weighted by atomic mass is 10.3. The lowest BCUT2D eigenvalue weighted by Crippen LogP contribution is -2.26. The highest BCUT2D eigenvalue weighted by molar-refractivity contribution is 7.99. The first-order valence-corrected chi connectivity index (χ1v) is 12.7. The fraction of sp³-hybridized carbons (Fsp3) is 0.182. The minimum absolute atomic E-state index is 0.119. The van der Waals surface area contributed by atoms with Gasteiger partial charge in [0, 0.05) is 18.7 Å². The Labute approximate surface area is 200 Å². The van der Waals surface area contributed by atoms with Crippen LogP contribution in [0.1, 0.15) is 5.82 Å². The fourth-order valence-electron chi connectivity index (χ4n) is 3.04. The van der Waals surface area contributed by atoms with Crippen LogP contribution < -0.4 is 14.8 Å². The van der Waals surface area contributed by atoms with Crippen LogP contribution in [0, 0.1) is 0 Å². The standard InChI is InChI=1S/C22H22N6O4S2/c1-32-17-7-9-18(10-8-17)34(30,31)23-14-13-20-26-25-19-11-12-22(27-28(19)20)33-15-21(29)24-16-5-3-2-4-6-16/h2-12,23H,13-15H2,1H3,(H,24,29). The first kappa shape index (κ1) is 23.7. The molecule has 0 spiro atoms. The summed E-state index contributed by atoms with van der Waals surface area (Å²) in [5.74, 6) is 1.12. The van der Waals surface area contributed by atoms with Gasteiger partial charge in [0.2, 0.25) is 15.9 Å². The van der Waals surface area contributed by atoms with Crippen molar-refractivity contribution in [3.05, 3.63) is 72.6 Å². The molecule has 0 aliphatic rings. The lowest BCUT2D eigenvalue weighted by Gasteiger charge is -2.07. The number of para-hydroxylation sites is 1. The number of nitrogens with zero attached hydrogens (tertiary/aromatic N) is 4. The quantitative estimate of drug-likeness (QED) is 0.319. The van der Waals surface area contributed by atoms with Crippen LogP contribution in [-0.2, 0) is 21.2 Å². The number of carbonyl (C=O) groups is 1. The Morgan fingerprint density at radius 1 is 1.03 bits per heavy atom. The smallest absolute Gasteiger partial charge is 0.240 e. The molecule has 0 saturated heterocycles. The average Bonchev–Trinajstić information content (AvgIpc) is 3.25. The molecule has 12 heteroatoms. The molecular weight excluding hydrogens is 476 g/mol. The molecule has 10 nitrogen and oxygen atoms in total. The number of fused-ring (bicyclic) bond motifs is 1. The number of anilines is 1. The molecule has 2 aromatic carbocycles. The molecule has 4 aromatic rings. The number of hydrogen-bond donors (Lipinski definition) is 2. The van der Waals surface area contributed by atoms with Gasteiger partial charge in [-0.25, -0.2) is 13.1 Å². The maximum atomic E-state index is 12.5. The SMILES string of the molecule is COc1ccc(S(=O)(=O)NCCc2nnc3ccc(SCC(=O)Nc4ccccc4)nn23)cc1. The molecule has 4 rings (SSSR count). The van der Waals surface area contributed by atoms with Crippen molar-refractivity contribution in [3.63, 3.8) is 0 Å². The monoisotopic (exact) mass is 498 g/mol. The van der Waals surface area contributed by atoms with E-state index in [0.29, 0.717) is 22.2 Å². The van der Waals surface area contributed by atoms with E-state index in [-0.39, 0.29) is 29.5 Å². The summed E-state index contributed by atoms with van der Waals surface area (Å²) in [6.07, 6.45) is 0.284. The zero-order valence-corrected chi connectivity index (χ0v) is 19.8. The van der Waals surface area contributed by atoms with Gasteiger partial charge >= 0.3 is 0 Å². The fourth-order valence-corrected chi connectivity index (χ4v) is 4.73. The van der Waals surface area contributed by atoms with Crippen LogP contribution in [0.3, 0.4) is 0 Å². The molecule has 2 heterocycles. The summed E-state index contributed by atoms with van der Waals surface area (Å²) in [4.78, 5) is 12.3. The van der Waals surface area contributed by atoms with Gasteiger partial charge in [0.1, 0.15) is 10.8 Å². The van der Waals surface area contributed by atoms with E-state index < -0.39 is 10.0 Å². The molecule has 2 aromatic heterocycles. The van der Waals surface area contributed by atoms with Crippen molar-refractivity contribution >= 4 is 39.0 Å². The van der Waals surface area contributed by atoms with Crippen molar-refractivity contribution in [1.82, 2.24) is 24.5 Å². The molecule has 0 atom stereocenters. The molecule has 0 unspecified atom stereocenters. The van der Waals surface area contributed by atoms with Gasteiger partial charge in [0.25, 0.3) is 0 Å². The van der Waals surface area contributed by atoms with E-state index in [4.69, 9.17) is 4.74 Å². The summed E-state index contributed by atoms with van der Waals surface area (Å²) >= 11 is 1.28. The number of hydrogen-bond acceptors (Lipinski definition) is 8. The summed E-state index contributed by atoms with van der Waals surface area (Å²) in [5.41, 5.74) is 1.26. The Morgan fingerprint density at radius 2 is 1.79 bits per heavy atom. The van der Waals surface area contributed by atoms with Crippen molar-refractivity contribution in [2.24, 2.45) is 0 Å². The summed E-state index contributed by atoms with van der Waals surface area (Å²) in [6, 6.07) is 18.9. The zero-order valence-electron chi connectivity index (χ0n) is 18.2. The van der Waals surface area contributed by atoms with Gasteiger partial charge in [0.05, 0.1) is 17.8 Å². The van der Waals surface area contributed by atoms with E-state index in [1.54, 1.807) is 28.8 Å². The maximum Gasteiger partial charge on any atom is 0.240 e. The first-order valence-electron chi connectivity index (χ1n) is 10.3. The Hall–Kier alpha value is -3.48. The number of amides is 1. The summed E-state index contributed by atoms with van der Waals surface area (Å²) in [6.45, 7) is 0.119. The van der Waals surface area contributed by atoms with Gasteiger partial charge in [-0.05, 0) is 48.5 Å². The molecule has 0 fully saturated rings. The van der Waals surface area contributed by atoms with Crippen molar-refractivity contribution < 1.29 is 17.9 Å². The minimum Gasteiger partial charge on any atom is -0.497 e. The van der Waals surface area contributed by atoms with Crippen molar-refractivity contribution in [3.8, 4) is 5.75 Å². The number of thioether (sulfide) groups is 1. The second-order valence-electron chi connectivity index (χ2n) is 7.08. The normalized spacial score (nSPS) is 11.4. The summed E-state index contributed by atoms with van der Waals surface area (Å²) in [7, 11) is -2.16. The molecule has 0 aliphatic heterocycles. The Kier molecular flexibility index (Phi) is 7.40. The van der Waals surface area contributed by atoms with Crippen LogP contribution >= 0.6 is 11.8 Å². The van der Waals surface area contributed by atoms with Gasteiger partial charge in [-0.3, -0.25) is 4.79 Å². The number of ether oxygens (including phenoxy) is 1. The zero-order chi connectivity index (χ0) is 24.0. The number of sulfonamides is 1. The minimum atomic E-state index is -3.68. The van der Waals surface area contributed by atoms with Crippen LogP contribution in [0.15, 0.2) is 76.7 Å². The third-order valence-corrected chi connectivity index (χ3v) is 7.12. The molecule has 0 radical (unpaired) electrons. The van der Waals surface area contributed by atoms with Crippen molar-refractivity contribution in [2.45, 2.75) is 16.3 Å². The van der Waals surface area contributed by atoms with Gasteiger partial charge in [-0.2, -0.15) is 9.61 Å². The van der Waals surface area contributed by atoms with E-state index in [2.05, 4.69) is 25.3 Å². The van der Waals surface area contributed by atoms with Gasteiger partial charge in [-0.15, -0.1) is 10.2 Å². The molecule has 34 heavy (non-hydrogen) atoms. The van der Waals surface area contributed by atoms with E-state index in [0.717, 1.165) is 5.69 Å². The van der Waals surface area contributed by atoms with E-state index in [1.165, 1.54) is 31.0 Å². The summed E-state index contributed by atoms with van der Waals surface area (Å²) in [5, 5.41) is 16.1. The van der Waals surface area contributed by atoms with Crippen molar-refractivity contribution in [2.75, 3.05) is 24.7 Å². The van der Waals surface area contributed by atoms with Crippen LogP contribution in [0.25, 0.3) is 5.65 Å². The Morgan fingerprint density at radius 3 is 2.53 bits per heavy atom. The molecule has 1 amide bonds. The predicted molar refractivity (Wildman–Crippen MR) is 128 cm³/mol. The molecule has 0 saturated carbocycles. The molecule has 0 bridgehead atoms. The summed E-state index contributed by atoms with van der Waals surface area (Å²) < 4.78 is 34.2. The third-order valence-electron chi connectivity index (χ3n) is 4.72. The van der Waals surface area contributed by atoms with E-state index >= 15 is 0 Å². The highest BCUT2D eigenvalue weighted by Gasteiger charge is 2.15. The molecule has 176 valence electrons. The van der Waals surface area contributed by atoms with Gasteiger partial charge < -0.3 is 10.1 Å². The number of nitrogens with one attached hydrogen (secondary N) is 2. The highest BCUT2D eigenvalue weighted by atomic mass is 32.2. The third kappa shape index (κ3) is 5.90. The number of rotatable bonds is 10.